The molecule has 2 amide bonds. The molecule has 0 radical (unpaired) electrons. The summed E-state index contributed by atoms with van der Waals surface area (Å²) in [6.45, 7) is 7.82. The molecule has 1 rings (SSSR count). The summed E-state index contributed by atoms with van der Waals surface area (Å²) < 4.78 is 0. The van der Waals surface area contributed by atoms with Crippen molar-refractivity contribution >= 4 is 27.7 Å². The first-order valence-electron chi connectivity index (χ1n) is 6.26. The minimum Gasteiger partial charge on any atom is -0.341 e. The summed E-state index contributed by atoms with van der Waals surface area (Å²) in [5.74, 6) is 0.0919. The lowest BCUT2D eigenvalue weighted by molar-refractivity contribution is -0.145. The molecule has 1 fully saturated rings. The maximum absolute atomic E-state index is 12.2. The Kier molecular flexibility index (Phi) is 5.43. The number of carbonyl (C=O) groups is 2. The van der Waals surface area contributed by atoms with E-state index in [2.05, 4.69) is 15.9 Å². The van der Waals surface area contributed by atoms with E-state index in [1.807, 2.05) is 20.8 Å². The predicted molar refractivity (Wildman–Crippen MR) is 71.1 cm³/mol. The van der Waals surface area contributed by atoms with Crippen molar-refractivity contribution in [1.29, 1.82) is 0 Å². The summed E-state index contributed by atoms with van der Waals surface area (Å²) in [5.41, 5.74) is 0. The standard InChI is InChI=1S/C12H21BrN2O2/c1-4-14(5-2)11(16)9(3)15-8-6-7-10(13)12(15)17/h9-10H,4-8H2,1-3H3. The van der Waals surface area contributed by atoms with E-state index >= 15 is 0 Å². The van der Waals surface area contributed by atoms with Crippen LogP contribution in [0.25, 0.3) is 0 Å². The number of piperidine rings is 1. The summed E-state index contributed by atoms with van der Waals surface area (Å²) in [5, 5.41) is 0. The highest BCUT2D eigenvalue weighted by atomic mass is 79.9. The zero-order valence-corrected chi connectivity index (χ0v) is 12.4. The number of carbonyl (C=O) groups excluding carboxylic acids is 2. The second-order valence-electron chi connectivity index (χ2n) is 4.33. The molecule has 0 spiro atoms. The first kappa shape index (κ1) is 14.5. The van der Waals surface area contributed by atoms with E-state index in [-0.39, 0.29) is 22.7 Å². The lowest BCUT2D eigenvalue weighted by Gasteiger charge is -2.36. The number of alkyl halides is 1. The largest absolute Gasteiger partial charge is 0.341 e. The molecule has 98 valence electrons. The Balaban J connectivity index is 2.71. The SMILES string of the molecule is CCN(CC)C(=O)C(C)N1CCCC(Br)C1=O. The van der Waals surface area contributed by atoms with E-state index in [0.717, 1.165) is 12.8 Å². The molecule has 0 bridgehead atoms. The van der Waals surface area contributed by atoms with Crippen LogP contribution in [-0.4, -0.2) is 52.1 Å². The van der Waals surface area contributed by atoms with Crippen molar-refractivity contribution in [1.82, 2.24) is 9.80 Å². The summed E-state index contributed by atoms with van der Waals surface area (Å²) in [7, 11) is 0. The summed E-state index contributed by atoms with van der Waals surface area (Å²) in [6.07, 6.45) is 1.82. The van der Waals surface area contributed by atoms with Crippen LogP contribution < -0.4 is 0 Å². The van der Waals surface area contributed by atoms with Crippen molar-refractivity contribution in [2.75, 3.05) is 19.6 Å². The maximum atomic E-state index is 12.2. The van der Waals surface area contributed by atoms with Gasteiger partial charge in [0, 0.05) is 19.6 Å². The molecule has 1 heterocycles. The molecule has 0 aliphatic carbocycles. The highest BCUT2D eigenvalue weighted by Crippen LogP contribution is 2.21. The second-order valence-corrected chi connectivity index (χ2v) is 5.43. The molecule has 17 heavy (non-hydrogen) atoms. The Bertz CT molecular complexity index is 292. The molecule has 2 atom stereocenters. The van der Waals surface area contributed by atoms with Crippen LogP contribution in [0.4, 0.5) is 0 Å². The van der Waals surface area contributed by atoms with E-state index in [4.69, 9.17) is 0 Å². The van der Waals surface area contributed by atoms with Crippen molar-refractivity contribution < 1.29 is 9.59 Å². The number of likely N-dealkylation sites (tertiary alicyclic amines) is 1. The molecule has 1 aliphatic heterocycles. The average Bonchev–Trinajstić information content (AvgIpc) is 2.33. The quantitative estimate of drug-likeness (QED) is 0.741. The van der Waals surface area contributed by atoms with E-state index in [0.29, 0.717) is 19.6 Å². The van der Waals surface area contributed by atoms with E-state index in [1.165, 1.54) is 0 Å². The molecule has 0 aromatic rings. The van der Waals surface area contributed by atoms with Crippen LogP contribution >= 0.6 is 15.9 Å². The fraction of sp³-hybridized carbons (Fsp3) is 0.833. The van der Waals surface area contributed by atoms with Gasteiger partial charge in [0.2, 0.25) is 11.8 Å². The van der Waals surface area contributed by atoms with Crippen LogP contribution in [-0.2, 0) is 9.59 Å². The third-order valence-electron chi connectivity index (χ3n) is 3.31. The van der Waals surface area contributed by atoms with Gasteiger partial charge in [-0.15, -0.1) is 0 Å². The molecular weight excluding hydrogens is 284 g/mol. The highest BCUT2D eigenvalue weighted by Gasteiger charge is 2.33. The van der Waals surface area contributed by atoms with Gasteiger partial charge in [-0.05, 0) is 33.6 Å². The molecule has 4 nitrogen and oxygen atoms in total. The number of rotatable bonds is 4. The molecule has 0 N–H and O–H groups in total. The zero-order chi connectivity index (χ0) is 13.0. The van der Waals surface area contributed by atoms with Gasteiger partial charge in [0.05, 0.1) is 4.83 Å². The van der Waals surface area contributed by atoms with Crippen molar-refractivity contribution in [2.45, 2.75) is 44.5 Å². The lowest BCUT2D eigenvalue weighted by atomic mass is 10.1. The third kappa shape index (κ3) is 3.21. The van der Waals surface area contributed by atoms with Crippen LogP contribution in [0.2, 0.25) is 0 Å². The number of halogens is 1. The van der Waals surface area contributed by atoms with Crippen molar-refractivity contribution in [3.05, 3.63) is 0 Å². The van der Waals surface area contributed by atoms with Crippen LogP contribution in [0.3, 0.4) is 0 Å². The first-order chi connectivity index (χ1) is 8.02. The van der Waals surface area contributed by atoms with Crippen molar-refractivity contribution in [2.24, 2.45) is 0 Å². The van der Waals surface area contributed by atoms with Gasteiger partial charge in [-0.2, -0.15) is 0 Å². The van der Waals surface area contributed by atoms with Gasteiger partial charge in [-0.25, -0.2) is 0 Å². The molecule has 1 saturated heterocycles. The molecule has 0 saturated carbocycles. The maximum Gasteiger partial charge on any atom is 0.245 e. The third-order valence-corrected chi connectivity index (χ3v) is 4.16. The van der Waals surface area contributed by atoms with Crippen LogP contribution in [0.1, 0.15) is 33.6 Å². The number of amides is 2. The second kappa shape index (κ2) is 6.38. The summed E-state index contributed by atoms with van der Waals surface area (Å²) in [4.78, 5) is 27.5. The number of nitrogens with zero attached hydrogens (tertiary/aromatic N) is 2. The van der Waals surface area contributed by atoms with Crippen LogP contribution in [0.5, 0.6) is 0 Å². The van der Waals surface area contributed by atoms with Crippen molar-refractivity contribution in [3.63, 3.8) is 0 Å². The van der Waals surface area contributed by atoms with E-state index in [9.17, 15) is 9.59 Å². The average molecular weight is 305 g/mol. The van der Waals surface area contributed by atoms with Gasteiger partial charge in [-0.1, -0.05) is 15.9 Å². The molecule has 1 aliphatic rings. The van der Waals surface area contributed by atoms with Crippen LogP contribution in [0.15, 0.2) is 0 Å². The van der Waals surface area contributed by atoms with Crippen molar-refractivity contribution in [3.8, 4) is 0 Å². The van der Waals surface area contributed by atoms with E-state index < -0.39 is 0 Å². The monoisotopic (exact) mass is 304 g/mol. The molecule has 2 unspecified atom stereocenters. The minimum atomic E-state index is -0.345. The molecule has 0 aromatic carbocycles. The smallest absolute Gasteiger partial charge is 0.245 e. The Labute approximate surface area is 111 Å². The van der Waals surface area contributed by atoms with Gasteiger partial charge < -0.3 is 9.80 Å². The predicted octanol–water partition coefficient (Wildman–Crippen LogP) is 1.63. The molecule has 0 aromatic heterocycles. The molecular formula is C12H21BrN2O2. The number of likely N-dealkylation sites (N-methyl/N-ethyl adjacent to an activating group) is 1. The Morgan fingerprint density at radius 3 is 2.65 bits per heavy atom. The molecule has 5 heteroatoms. The number of hydrogen-bond donors (Lipinski definition) is 0. The normalized spacial score (nSPS) is 22.5. The zero-order valence-electron chi connectivity index (χ0n) is 10.8. The van der Waals surface area contributed by atoms with Gasteiger partial charge >= 0.3 is 0 Å². The van der Waals surface area contributed by atoms with Gasteiger partial charge in [0.15, 0.2) is 0 Å². The Morgan fingerprint density at radius 2 is 2.12 bits per heavy atom. The van der Waals surface area contributed by atoms with Gasteiger partial charge in [0.25, 0.3) is 0 Å². The number of hydrogen-bond acceptors (Lipinski definition) is 2. The van der Waals surface area contributed by atoms with Crippen LogP contribution in [0, 0.1) is 0 Å². The van der Waals surface area contributed by atoms with Gasteiger partial charge in [-0.3, -0.25) is 9.59 Å². The minimum absolute atomic E-state index is 0.0456. The summed E-state index contributed by atoms with van der Waals surface area (Å²) in [6, 6.07) is -0.345. The fourth-order valence-electron chi connectivity index (χ4n) is 2.17. The Morgan fingerprint density at radius 1 is 1.53 bits per heavy atom. The first-order valence-corrected chi connectivity index (χ1v) is 7.17. The van der Waals surface area contributed by atoms with E-state index in [1.54, 1.807) is 9.80 Å². The summed E-state index contributed by atoms with van der Waals surface area (Å²) >= 11 is 3.37. The Hall–Kier alpha value is -0.580. The lowest BCUT2D eigenvalue weighted by Crippen LogP contribution is -2.53. The topological polar surface area (TPSA) is 40.6 Å². The highest BCUT2D eigenvalue weighted by molar-refractivity contribution is 9.10. The van der Waals surface area contributed by atoms with Gasteiger partial charge in [0.1, 0.15) is 6.04 Å². The fourth-order valence-corrected chi connectivity index (χ4v) is 2.76.